The fourth-order valence-corrected chi connectivity index (χ4v) is 4.00. The third-order valence-corrected chi connectivity index (χ3v) is 5.23. The summed E-state index contributed by atoms with van der Waals surface area (Å²) in [7, 11) is 0. The summed E-state index contributed by atoms with van der Waals surface area (Å²) in [5.74, 6) is 0.692. The molecule has 1 amide bonds. The third-order valence-electron chi connectivity index (χ3n) is 5.23. The van der Waals surface area contributed by atoms with E-state index in [-0.39, 0.29) is 5.92 Å². The van der Waals surface area contributed by atoms with Gasteiger partial charge in [0.2, 0.25) is 5.91 Å². The summed E-state index contributed by atoms with van der Waals surface area (Å²) in [6, 6.07) is 0.628. The Hall–Kier alpha value is -0.830. The van der Waals surface area contributed by atoms with Gasteiger partial charge in [0, 0.05) is 25.0 Å². The summed E-state index contributed by atoms with van der Waals surface area (Å²) in [6.07, 6.45) is 14.0. The second-order valence-electron chi connectivity index (χ2n) is 6.66. The van der Waals surface area contributed by atoms with Crippen molar-refractivity contribution in [2.75, 3.05) is 26.2 Å². The molecule has 2 heterocycles. The molecule has 0 aromatic rings. The maximum absolute atomic E-state index is 12.7. The van der Waals surface area contributed by atoms with E-state index in [2.05, 4.69) is 22.0 Å². The highest BCUT2D eigenvalue weighted by Gasteiger charge is 2.30. The van der Waals surface area contributed by atoms with Gasteiger partial charge in [0.05, 0.1) is 0 Å². The molecule has 0 N–H and O–H groups in total. The van der Waals surface area contributed by atoms with Crippen molar-refractivity contribution in [1.82, 2.24) is 9.80 Å². The minimum Gasteiger partial charge on any atom is -0.341 e. The van der Waals surface area contributed by atoms with E-state index in [0.29, 0.717) is 11.9 Å². The Morgan fingerprint density at radius 1 is 0.950 bits per heavy atom. The van der Waals surface area contributed by atoms with Crippen LogP contribution in [0.25, 0.3) is 0 Å². The van der Waals surface area contributed by atoms with E-state index in [9.17, 15) is 4.79 Å². The molecule has 2 aliphatic heterocycles. The van der Waals surface area contributed by atoms with Crippen LogP contribution in [0.2, 0.25) is 0 Å². The highest BCUT2D eigenvalue weighted by Crippen LogP contribution is 2.25. The van der Waals surface area contributed by atoms with Gasteiger partial charge in [-0.3, -0.25) is 9.69 Å². The van der Waals surface area contributed by atoms with Crippen molar-refractivity contribution in [3.05, 3.63) is 12.2 Å². The second kappa shape index (κ2) is 6.75. The van der Waals surface area contributed by atoms with Crippen LogP contribution in [0.15, 0.2) is 12.2 Å². The quantitative estimate of drug-likeness (QED) is 0.724. The predicted octanol–water partition coefficient (Wildman–Crippen LogP) is 2.82. The number of amides is 1. The molecule has 0 aromatic carbocycles. The lowest BCUT2D eigenvalue weighted by molar-refractivity contribution is -0.136. The summed E-state index contributed by atoms with van der Waals surface area (Å²) in [5, 5.41) is 0. The van der Waals surface area contributed by atoms with E-state index >= 15 is 0 Å². The fourth-order valence-electron chi connectivity index (χ4n) is 4.00. The predicted molar refractivity (Wildman–Crippen MR) is 81.5 cm³/mol. The van der Waals surface area contributed by atoms with E-state index in [1.807, 2.05) is 0 Å². The number of rotatable bonds is 2. The normalized spacial score (nSPS) is 32.3. The summed E-state index contributed by atoms with van der Waals surface area (Å²) >= 11 is 0. The Morgan fingerprint density at radius 2 is 1.75 bits per heavy atom. The lowest BCUT2D eigenvalue weighted by Gasteiger charge is -2.33. The maximum Gasteiger partial charge on any atom is 0.226 e. The lowest BCUT2D eigenvalue weighted by Crippen LogP contribution is -2.45. The summed E-state index contributed by atoms with van der Waals surface area (Å²) in [4.78, 5) is 17.6. The molecule has 0 radical (unpaired) electrons. The molecule has 3 nitrogen and oxygen atoms in total. The molecule has 1 aliphatic carbocycles. The molecule has 2 saturated heterocycles. The molecular weight excluding hydrogens is 248 g/mol. The number of nitrogens with zero attached hydrogens (tertiary/aromatic N) is 2. The van der Waals surface area contributed by atoms with E-state index < -0.39 is 0 Å². The zero-order chi connectivity index (χ0) is 13.8. The van der Waals surface area contributed by atoms with Crippen LogP contribution < -0.4 is 0 Å². The van der Waals surface area contributed by atoms with E-state index in [1.54, 1.807) is 0 Å². The molecule has 0 spiro atoms. The molecule has 0 saturated carbocycles. The van der Waals surface area contributed by atoms with Crippen LogP contribution in [0.3, 0.4) is 0 Å². The topological polar surface area (TPSA) is 23.6 Å². The molecular formula is C17H28N2O. The van der Waals surface area contributed by atoms with Gasteiger partial charge in [-0.25, -0.2) is 0 Å². The molecule has 2 atom stereocenters. The molecule has 3 aliphatic rings. The summed E-state index contributed by atoms with van der Waals surface area (Å²) < 4.78 is 0. The molecule has 3 heteroatoms. The van der Waals surface area contributed by atoms with Gasteiger partial charge < -0.3 is 4.90 Å². The Kier molecular flexibility index (Phi) is 4.77. The summed E-state index contributed by atoms with van der Waals surface area (Å²) in [5.41, 5.74) is 0. The van der Waals surface area contributed by atoms with Crippen LogP contribution in [0.5, 0.6) is 0 Å². The molecule has 0 bridgehead atoms. The number of hydrogen-bond acceptors (Lipinski definition) is 2. The van der Waals surface area contributed by atoms with Gasteiger partial charge in [-0.15, -0.1) is 0 Å². The lowest BCUT2D eigenvalue weighted by atomic mass is 9.93. The zero-order valence-corrected chi connectivity index (χ0v) is 12.6. The van der Waals surface area contributed by atoms with Gasteiger partial charge in [-0.2, -0.15) is 0 Å². The van der Waals surface area contributed by atoms with Crippen molar-refractivity contribution >= 4 is 5.91 Å². The first kappa shape index (κ1) is 14.1. The van der Waals surface area contributed by atoms with E-state index in [4.69, 9.17) is 0 Å². The van der Waals surface area contributed by atoms with Crippen molar-refractivity contribution in [2.24, 2.45) is 5.92 Å². The average molecular weight is 276 g/mol. The Balaban J connectivity index is 1.61. The van der Waals surface area contributed by atoms with Gasteiger partial charge in [0.25, 0.3) is 0 Å². The number of allylic oxidation sites excluding steroid dienone is 2. The fraction of sp³-hybridized carbons (Fsp3) is 0.824. The van der Waals surface area contributed by atoms with Crippen LogP contribution in [-0.4, -0.2) is 47.9 Å². The van der Waals surface area contributed by atoms with Gasteiger partial charge in [0.15, 0.2) is 0 Å². The van der Waals surface area contributed by atoms with Crippen LogP contribution in [-0.2, 0) is 4.79 Å². The van der Waals surface area contributed by atoms with Crippen LogP contribution in [0.4, 0.5) is 0 Å². The maximum atomic E-state index is 12.7. The first-order valence-corrected chi connectivity index (χ1v) is 8.52. The summed E-state index contributed by atoms with van der Waals surface area (Å²) in [6.45, 7) is 4.47. The minimum atomic E-state index is 0.261. The number of carbonyl (C=O) groups is 1. The molecule has 2 fully saturated rings. The molecule has 20 heavy (non-hydrogen) atoms. The number of hydrogen-bond donors (Lipinski definition) is 0. The average Bonchev–Trinajstić information content (AvgIpc) is 2.92. The molecule has 3 rings (SSSR count). The first-order chi connectivity index (χ1) is 9.84. The van der Waals surface area contributed by atoms with Gasteiger partial charge in [-0.1, -0.05) is 18.6 Å². The molecule has 0 aromatic heterocycles. The highest BCUT2D eigenvalue weighted by molar-refractivity contribution is 5.79. The van der Waals surface area contributed by atoms with E-state index in [1.165, 1.54) is 45.2 Å². The van der Waals surface area contributed by atoms with Crippen molar-refractivity contribution < 1.29 is 4.79 Å². The highest BCUT2D eigenvalue weighted by atomic mass is 16.2. The third kappa shape index (κ3) is 3.25. The molecule has 112 valence electrons. The Morgan fingerprint density at radius 3 is 2.50 bits per heavy atom. The monoisotopic (exact) mass is 276 g/mol. The van der Waals surface area contributed by atoms with Crippen molar-refractivity contribution in [3.63, 3.8) is 0 Å². The van der Waals surface area contributed by atoms with Gasteiger partial charge in [-0.05, 0) is 58.0 Å². The largest absolute Gasteiger partial charge is 0.341 e. The van der Waals surface area contributed by atoms with Crippen LogP contribution in [0.1, 0.15) is 51.4 Å². The van der Waals surface area contributed by atoms with Crippen molar-refractivity contribution in [3.8, 4) is 0 Å². The standard InChI is InChI=1S/C17H28N2O/c20-17(15-8-2-1-3-9-15)19-13-5-4-10-16(14-19)18-11-6-7-12-18/h1-2,15-16H,3-14H2. The van der Waals surface area contributed by atoms with Crippen LogP contribution >= 0.6 is 0 Å². The zero-order valence-electron chi connectivity index (χ0n) is 12.6. The Bertz CT molecular complexity index is 360. The second-order valence-corrected chi connectivity index (χ2v) is 6.66. The van der Waals surface area contributed by atoms with Crippen molar-refractivity contribution in [2.45, 2.75) is 57.4 Å². The van der Waals surface area contributed by atoms with E-state index in [0.717, 1.165) is 32.4 Å². The number of carbonyl (C=O) groups excluding carboxylic acids is 1. The SMILES string of the molecule is O=C(C1CC=CCC1)N1CCCCC(N2CCCC2)C1. The van der Waals surface area contributed by atoms with Crippen molar-refractivity contribution in [1.29, 1.82) is 0 Å². The smallest absolute Gasteiger partial charge is 0.226 e. The molecule has 2 unspecified atom stereocenters. The van der Waals surface area contributed by atoms with Crippen LogP contribution in [0, 0.1) is 5.92 Å². The Labute approximate surface area is 123 Å². The van der Waals surface area contributed by atoms with Gasteiger partial charge in [0.1, 0.15) is 0 Å². The van der Waals surface area contributed by atoms with Gasteiger partial charge >= 0.3 is 0 Å². The number of likely N-dealkylation sites (tertiary alicyclic amines) is 2. The first-order valence-electron chi connectivity index (χ1n) is 8.52. The minimum absolute atomic E-state index is 0.261.